The van der Waals surface area contributed by atoms with Gasteiger partial charge in [-0.3, -0.25) is 4.79 Å². The normalized spacial score (nSPS) is 8.11. The first-order chi connectivity index (χ1) is 4.06. The number of methoxy groups -OCH3 is 1. The molecule has 0 saturated heterocycles. The lowest BCUT2D eigenvalue weighted by Gasteiger charge is -1.89. The molecule has 0 aliphatic heterocycles. The maximum absolute atomic E-state index is 9.70. The van der Waals surface area contributed by atoms with Crippen molar-refractivity contribution in [2.45, 2.75) is 13.8 Å². The number of carboxylic acids is 1. The van der Waals surface area contributed by atoms with Crippen LogP contribution < -0.4 is 0 Å². The van der Waals surface area contributed by atoms with Crippen LogP contribution in [0.5, 0.6) is 0 Å². The first-order valence-electron chi connectivity index (χ1n) is 2.69. The molecule has 1 N–H and O–H groups in total. The molecule has 0 unspecified atom stereocenters. The highest BCUT2D eigenvalue weighted by atomic mass is 16.4. The summed E-state index contributed by atoms with van der Waals surface area (Å²) in [6.07, 6.45) is 0. The van der Waals surface area contributed by atoms with Crippen molar-refractivity contribution in [3.63, 3.8) is 0 Å². The Hall–Kier alpha value is -0.570. The predicted octanol–water partition coefficient (Wildman–Crippen LogP) is 0.990. The average molecular weight is 134 g/mol. The second-order valence-electron chi connectivity index (χ2n) is 1.90. The lowest BCUT2D eigenvalue weighted by atomic mass is 10.2. The minimum atomic E-state index is -0.741. The Bertz CT molecular complexity index is 68.7. The van der Waals surface area contributed by atoms with Crippen LogP contribution in [0.4, 0.5) is 0 Å². The number of aliphatic carboxylic acids is 1. The lowest BCUT2D eigenvalue weighted by Crippen LogP contribution is -2.03. The maximum Gasteiger partial charge on any atom is 0.305 e. The van der Waals surface area contributed by atoms with Crippen LogP contribution in [0.15, 0.2) is 0 Å². The summed E-state index contributed by atoms with van der Waals surface area (Å²) in [5.41, 5.74) is 0. The van der Waals surface area contributed by atoms with Crippen molar-refractivity contribution in [1.29, 1.82) is 0 Å². The highest BCUT2D eigenvalue weighted by Crippen LogP contribution is 1.87. The molecule has 0 heterocycles. The molecule has 0 rings (SSSR count). The molecule has 0 atom stereocenters. The smallest absolute Gasteiger partial charge is 0.305 e. The van der Waals surface area contributed by atoms with Crippen LogP contribution in [-0.4, -0.2) is 25.3 Å². The standard InChI is InChI=1S/C4H8O2.C2H6O/c1-3(2)4(5)6;1-3-2/h3H,1-2H3,(H,5,6);1-2H3. The fourth-order valence-electron chi connectivity index (χ4n) is 0. The Morgan fingerprint density at radius 1 is 1.44 bits per heavy atom. The zero-order valence-electron chi connectivity index (χ0n) is 6.34. The van der Waals surface area contributed by atoms with Crippen LogP contribution in [0.1, 0.15) is 13.8 Å². The van der Waals surface area contributed by atoms with Crippen LogP contribution in [0.2, 0.25) is 0 Å². The monoisotopic (exact) mass is 134 g/mol. The first kappa shape index (κ1) is 11.3. The first-order valence-corrected chi connectivity index (χ1v) is 2.69. The van der Waals surface area contributed by atoms with Gasteiger partial charge in [0.1, 0.15) is 0 Å². The summed E-state index contributed by atoms with van der Waals surface area (Å²) < 4.78 is 4.25. The van der Waals surface area contributed by atoms with Gasteiger partial charge in [0.05, 0.1) is 5.92 Å². The van der Waals surface area contributed by atoms with Gasteiger partial charge in [0.15, 0.2) is 0 Å². The molecule has 0 saturated carbocycles. The Balaban J connectivity index is 0. The summed E-state index contributed by atoms with van der Waals surface area (Å²) in [4.78, 5) is 9.70. The van der Waals surface area contributed by atoms with Crippen LogP contribution in [0, 0.1) is 5.92 Å². The summed E-state index contributed by atoms with van der Waals surface area (Å²) in [6, 6.07) is 0. The van der Waals surface area contributed by atoms with Crippen molar-refractivity contribution in [3.8, 4) is 0 Å². The van der Waals surface area contributed by atoms with E-state index >= 15 is 0 Å². The maximum atomic E-state index is 9.70. The van der Waals surface area contributed by atoms with Gasteiger partial charge in [-0.15, -0.1) is 0 Å². The Morgan fingerprint density at radius 2 is 1.56 bits per heavy atom. The molecule has 0 aliphatic carbocycles. The van der Waals surface area contributed by atoms with E-state index < -0.39 is 5.97 Å². The van der Waals surface area contributed by atoms with E-state index in [1.54, 1.807) is 28.1 Å². The second kappa shape index (κ2) is 7.43. The van der Waals surface area contributed by atoms with Gasteiger partial charge in [-0.05, 0) is 0 Å². The molecule has 0 aromatic heterocycles. The van der Waals surface area contributed by atoms with Crippen LogP contribution in [0.25, 0.3) is 0 Å². The van der Waals surface area contributed by atoms with Crippen molar-refractivity contribution in [2.24, 2.45) is 5.92 Å². The zero-order chi connectivity index (χ0) is 7.86. The van der Waals surface area contributed by atoms with E-state index in [0.29, 0.717) is 0 Å². The van der Waals surface area contributed by atoms with Crippen LogP contribution in [-0.2, 0) is 9.53 Å². The third-order valence-corrected chi connectivity index (χ3v) is 0.494. The van der Waals surface area contributed by atoms with E-state index in [1.165, 1.54) is 0 Å². The summed E-state index contributed by atoms with van der Waals surface area (Å²) in [6.45, 7) is 3.28. The number of hydrogen-bond acceptors (Lipinski definition) is 2. The Labute approximate surface area is 55.6 Å². The van der Waals surface area contributed by atoms with E-state index in [9.17, 15) is 4.79 Å². The Morgan fingerprint density at radius 3 is 1.56 bits per heavy atom. The molecule has 0 amide bonds. The predicted molar refractivity (Wildman–Crippen MR) is 35.4 cm³/mol. The highest BCUT2D eigenvalue weighted by molar-refractivity contribution is 5.68. The molecule has 3 heteroatoms. The number of carboxylic acid groups (broad SMARTS) is 1. The summed E-state index contributed by atoms with van der Waals surface area (Å²) in [7, 11) is 3.25. The van der Waals surface area contributed by atoms with Crippen LogP contribution >= 0.6 is 0 Å². The van der Waals surface area contributed by atoms with E-state index in [1.807, 2.05) is 0 Å². The SMILES string of the molecule is CC(C)C(=O)O.COC. The fourth-order valence-corrected chi connectivity index (χ4v) is 0. The quantitative estimate of drug-likeness (QED) is 0.581. The Kier molecular flexibility index (Phi) is 9.29. The van der Waals surface area contributed by atoms with Crippen molar-refractivity contribution in [3.05, 3.63) is 0 Å². The summed E-state index contributed by atoms with van der Waals surface area (Å²) in [5, 5.41) is 7.99. The molecule has 0 aromatic carbocycles. The van der Waals surface area contributed by atoms with Gasteiger partial charge in [0, 0.05) is 14.2 Å². The average Bonchev–Trinajstić information content (AvgIpc) is 1.68. The van der Waals surface area contributed by atoms with E-state index in [2.05, 4.69) is 4.74 Å². The molecule has 3 nitrogen and oxygen atoms in total. The molecule has 0 fully saturated rings. The van der Waals surface area contributed by atoms with Crippen molar-refractivity contribution < 1.29 is 14.6 Å². The molecule has 9 heavy (non-hydrogen) atoms. The highest BCUT2D eigenvalue weighted by Gasteiger charge is 1.99. The van der Waals surface area contributed by atoms with Gasteiger partial charge >= 0.3 is 5.97 Å². The molecule has 0 spiro atoms. The van der Waals surface area contributed by atoms with Gasteiger partial charge < -0.3 is 9.84 Å². The number of carbonyl (C=O) groups is 1. The van der Waals surface area contributed by atoms with Crippen molar-refractivity contribution in [1.82, 2.24) is 0 Å². The molecule has 0 aromatic rings. The van der Waals surface area contributed by atoms with Crippen molar-refractivity contribution >= 4 is 5.97 Å². The fraction of sp³-hybridized carbons (Fsp3) is 0.833. The van der Waals surface area contributed by atoms with Gasteiger partial charge in [-0.1, -0.05) is 13.8 Å². The zero-order valence-corrected chi connectivity index (χ0v) is 6.34. The van der Waals surface area contributed by atoms with Gasteiger partial charge in [-0.25, -0.2) is 0 Å². The molecular formula is C6H14O3. The molecule has 0 bridgehead atoms. The van der Waals surface area contributed by atoms with E-state index in [0.717, 1.165) is 0 Å². The van der Waals surface area contributed by atoms with E-state index in [4.69, 9.17) is 5.11 Å². The molecule has 0 radical (unpaired) electrons. The minimum absolute atomic E-state index is 0.231. The second-order valence-corrected chi connectivity index (χ2v) is 1.90. The molecule has 0 aliphatic rings. The van der Waals surface area contributed by atoms with E-state index in [-0.39, 0.29) is 5.92 Å². The lowest BCUT2D eigenvalue weighted by molar-refractivity contribution is -0.140. The van der Waals surface area contributed by atoms with Gasteiger partial charge in [0.25, 0.3) is 0 Å². The van der Waals surface area contributed by atoms with Crippen LogP contribution in [0.3, 0.4) is 0 Å². The number of ether oxygens (including phenoxy) is 1. The summed E-state index contributed by atoms with van der Waals surface area (Å²) in [5.74, 6) is -0.972. The molecule has 56 valence electrons. The largest absolute Gasteiger partial charge is 0.481 e. The van der Waals surface area contributed by atoms with Crippen molar-refractivity contribution in [2.75, 3.05) is 14.2 Å². The topological polar surface area (TPSA) is 46.5 Å². The summed E-state index contributed by atoms with van der Waals surface area (Å²) >= 11 is 0. The minimum Gasteiger partial charge on any atom is -0.481 e. The third kappa shape index (κ3) is 18.6. The number of rotatable bonds is 1. The van der Waals surface area contributed by atoms with Gasteiger partial charge in [-0.2, -0.15) is 0 Å². The third-order valence-electron chi connectivity index (χ3n) is 0.494. The molecular weight excluding hydrogens is 120 g/mol. The number of hydrogen-bond donors (Lipinski definition) is 1. The van der Waals surface area contributed by atoms with Gasteiger partial charge in [0.2, 0.25) is 0 Å².